The third-order valence-corrected chi connectivity index (χ3v) is 6.35. The number of nitrogens with one attached hydrogen (secondary N) is 2. The lowest BCUT2D eigenvalue weighted by atomic mass is 9.95. The molecule has 0 saturated carbocycles. The Morgan fingerprint density at radius 1 is 0.912 bits per heavy atom. The Kier molecular flexibility index (Phi) is 6.49. The molecule has 2 aliphatic heterocycles. The van der Waals surface area contributed by atoms with Crippen LogP contribution in [0.2, 0.25) is 0 Å². The van der Waals surface area contributed by atoms with E-state index in [1.165, 1.54) is 37.9 Å². The van der Waals surface area contributed by atoms with Crippen LogP contribution in [-0.4, -0.2) is 36.0 Å². The van der Waals surface area contributed by atoms with Crippen LogP contribution in [0.1, 0.15) is 52.4 Å². The monoisotopic (exact) mass is 452 g/mol. The summed E-state index contributed by atoms with van der Waals surface area (Å²) >= 11 is 0. The highest BCUT2D eigenvalue weighted by Gasteiger charge is 2.32. The minimum Gasteiger partial charge on any atom is -0.356 e. The van der Waals surface area contributed by atoms with Gasteiger partial charge < -0.3 is 5.32 Å². The summed E-state index contributed by atoms with van der Waals surface area (Å²) in [6, 6.07) is 22.7. The number of hydrogen-bond acceptors (Lipinski definition) is 5. The van der Waals surface area contributed by atoms with E-state index in [1.54, 1.807) is 12.3 Å². The largest absolute Gasteiger partial charge is 0.356 e. The first-order valence-corrected chi connectivity index (χ1v) is 11.8. The van der Waals surface area contributed by atoms with Crippen LogP contribution < -0.4 is 10.6 Å². The molecule has 1 fully saturated rings. The fraction of sp³-hybridized carbons (Fsp3) is 0.250. The first-order valence-electron chi connectivity index (χ1n) is 11.8. The molecule has 1 saturated heterocycles. The Bertz CT molecular complexity index is 1200. The Labute approximate surface area is 199 Å². The van der Waals surface area contributed by atoms with E-state index in [9.17, 15) is 9.59 Å². The summed E-state index contributed by atoms with van der Waals surface area (Å²) in [6.07, 6.45) is 5.60. The molecule has 2 amide bonds. The average Bonchev–Trinajstić information content (AvgIpc) is 2.86. The van der Waals surface area contributed by atoms with Crippen LogP contribution in [0, 0.1) is 0 Å². The van der Waals surface area contributed by atoms with E-state index in [0.717, 1.165) is 23.5 Å². The lowest BCUT2D eigenvalue weighted by Crippen LogP contribution is -2.39. The molecule has 1 atom stereocenters. The lowest BCUT2D eigenvalue weighted by Gasteiger charge is -2.26. The van der Waals surface area contributed by atoms with Gasteiger partial charge in [0.2, 0.25) is 0 Å². The molecule has 5 rings (SSSR count). The first-order chi connectivity index (χ1) is 16.7. The van der Waals surface area contributed by atoms with E-state index < -0.39 is 11.9 Å². The van der Waals surface area contributed by atoms with Gasteiger partial charge in [0.15, 0.2) is 6.04 Å². The van der Waals surface area contributed by atoms with Gasteiger partial charge in [0, 0.05) is 35.3 Å². The Morgan fingerprint density at radius 2 is 1.68 bits per heavy atom. The number of imide groups is 1. The lowest BCUT2D eigenvalue weighted by molar-refractivity contribution is -0.121. The second-order valence-corrected chi connectivity index (χ2v) is 8.87. The third kappa shape index (κ3) is 5.07. The summed E-state index contributed by atoms with van der Waals surface area (Å²) in [6.45, 7) is 3.30. The van der Waals surface area contributed by atoms with E-state index in [-0.39, 0.29) is 5.91 Å². The van der Waals surface area contributed by atoms with E-state index >= 15 is 0 Å². The third-order valence-electron chi connectivity index (χ3n) is 6.35. The normalized spacial score (nSPS) is 18.5. The molecule has 6 heteroatoms. The molecule has 2 aliphatic rings. The fourth-order valence-corrected chi connectivity index (χ4v) is 4.54. The highest BCUT2D eigenvalue weighted by atomic mass is 16.2. The van der Waals surface area contributed by atoms with Crippen molar-refractivity contribution in [2.45, 2.75) is 31.8 Å². The van der Waals surface area contributed by atoms with Crippen LogP contribution in [0.25, 0.3) is 0 Å². The molecule has 3 aromatic carbocycles. The molecule has 1 unspecified atom stereocenters. The van der Waals surface area contributed by atoms with Crippen molar-refractivity contribution in [3.05, 3.63) is 95.1 Å². The van der Waals surface area contributed by atoms with Crippen molar-refractivity contribution in [1.82, 2.24) is 10.2 Å². The van der Waals surface area contributed by atoms with Gasteiger partial charge in [-0.05, 0) is 67.4 Å². The second kappa shape index (κ2) is 10.0. The number of benzene rings is 3. The Balaban J connectivity index is 1.34. The number of nitrogens with zero attached hydrogens (tertiary/aromatic N) is 2. The number of piperidine rings is 1. The van der Waals surface area contributed by atoms with Gasteiger partial charge in [-0.15, -0.1) is 0 Å². The Morgan fingerprint density at radius 3 is 2.44 bits per heavy atom. The molecule has 34 heavy (non-hydrogen) atoms. The van der Waals surface area contributed by atoms with Crippen molar-refractivity contribution in [2.75, 3.05) is 18.4 Å². The number of fused-ring (bicyclic) bond motifs is 1. The summed E-state index contributed by atoms with van der Waals surface area (Å²) in [5.41, 5.74) is 5.01. The number of carbonyl (C=O) groups is 2. The van der Waals surface area contributed by atoms with Gasteiger partial charge in [-0.3, -0.25) is 24.8 Å². The van der Waals surface area contributed by atoms with Gasteiger partial charge in [-0.1, -0.05) is 48.9 Å². The average molecular weight is 453 g/mol. The number of rotatable bonds is 6. The van der Waals surface area contributed by atoms with Crippen LogP contribution >= 0.6 is 0 Å². The number of carbonyl (C=O) groups excluding carboxylic acids is 2. The molecule has 0 aliphatic carbocycles. The Hall–Kier alpha value is -3.77. The maximum Gasteiger partial charge on any atom is 0.258 e. The number of likely N-dealkylation sites (tertiary alicyclic amines) is 1. The van der Waals surface area contributed by atoms with Gasteiger partial charge >= 0.3 is 0 Å². The van der Waals surface area contributed by atoms with Crippen LogP contribution in [0.3, 0.4) is 0 Å². The molecular weight excluding hydrogens is 424 g/mol. The predicted octanol–water partition coefficient (Wildman–Crippen LogP) is 4.85. The minimum absolute atomic E-state index is 0.389. The van der Waals surface area contributed by atoms with E-state index in [0.29, 0.717) is 11.1 Å². The predicted molar refractivity (Wildman–Crippen MR) is 135 cm³/mol. The smallest absolute Gasteiger partial charge is 0.258 e. The summed E-state index contributed by atoms with van der Waals surface area (Å²) in [5, 5.41) is 5.75. The van der Waals surface area contributed by atoms with Crippen molar-refractivity contribution in [3.8, 4) is 0 Å². The van der Waals surface area contributed by atoms with E-state index in [1.807, 2.05) is 54.6 Å². The standard InChI is InChI=1S/C28H28N4O2/c33-27-24-14-13-23(30-22-7-3-1-4-8-22)17-25(24)26(28(34)31-27)29-18-20-9-11-21(12-10-20)19-32-15-5-2-6-16-32/h1,3-4,7-14,17-18,26,30H,2,5-6,15-16,19H2,(H,31,33,34)/b29-18-. The second-order valence-electron chi connectivity index (χ2n) is 8.87. The van der Waals surface area contributed by atoms with Crippen molar-refractivity contribution in [2.24, 2.45) is 4.99 Å². The topological polar surface area (TPSA) is 73.8 Å². The van der Waals surface area contributed by atoms with Gasteiger partial charge in [-0.25, -0.2) is 0 Å². The summed E-state index contributed by atoms with van der Waals surface area (Å²) in [5.74, 6) is -0.799. The molecule has 2 N–H and O–H groups in total. The van der Waals surface area contributed by atoms with Gasteiger partial charge in [0.25, 0.3) is 11.8 Å². The first kappa shape index (κ1) is 22.0. The van der Waals surface area contributed by atoms with E-state index in [4.69, 9.17) is 0 Å². The molecule has 0 bridgehead atoms. The molecule has 6 nitrogen and oxygen atoms in total. The number of para-hydroxylation sites is 1. The molecule has 0 radical (unpaired) electrons. The number of anilines is 2. The maximum absolute atomic E-state index is 12.7. The van der Waals surface area contributed by atoms with Crippen molar-refractivity contribution in [1.29, 1.82) is 0 Å². The quantitative estimate of drug-likeness (QED) is 0.414. The SMILES string of the molecule is O=C1NC(=O)C(/N=C\c2ccc(CN3CCCCC3)cc2)c2cc(Nc3ccccc3)ccc21. The van der Waals surface area contributed by atoms with Crippen molar-refractivity contribution < 1.29 is 9.59 Å². The highest BCUT2D eigenvalue weighted by Crippen LogP contribution is 2.30. The summed E-state index contributed by atoms with van der Waals surface area (Å²) in [7, 11) is 0. The van der Waals surface area contributed by atoms with Crippen LogP contribution in [0.15, 0.2) is 77.8 Å². The number of amides is 2. The number of hydrogen-bond donors (Lipinski definition) is 2. The van der Waals surface area contributed by atoms with Crippen LogP contribution in [-0.2, 0) is 11.3 Å². The molecule has 172 valence electrons. The molecule has 3 aromatic rings. The van der Waals surface area contributed by atoms with Gasteiger partial charge in [0.1, 0.15) is 0 Å². The summed E-state index contributed by atoms with van der Waals surface area (Å²) < 4.78 is 0. The zero-order chi connectivity index (χ0) is 23.3. The zero-order valence-corrected chi connectivity index (χ0v) is 19.0. The number of aliphatic imine (C=N–C) groups is 1. The van der Waals surface area contributed by atoms with E-state index in [2.05, 4.69) is 32.7 Å². The van der Waals surface area contributed by atoms with Crippen LogP contribution in [0.4, 0.5) is 11.4 Å². The fourth-order valence-electron chi connectivity index (χ4n) is 4.54. The zero-order valence-electron chi connectivity index (χ0n) is 19.0. The molecule has 0 aromatic heterocycles. The highest BCUT2D eigenvalue weighted by molar-refractivity contribution is 6.12. The summed E-state index contributed by atoms with van der Waals surface area (Å²) in [4.78, 5) is 32.1. The minimum atomic E-state index is -0.779. The molecular formula is C28H28N4O2. The van der Waals surface area contributed by atoms with Crippen LogP contribution in [0.5, 0.6) is 0 Å². The van der Waals surface area contributed by atoms with Crippen molar-refractivity contribution >= 4 is 29.4 Å². The molecule has 0 spiro atoms. The van der Waals surface area contributed by atoms with Gasteiger partial charge in [0.05, 0.1) is 0 Å². The van der Waals surface area contributed by atoms with Gasteiger partial charge in [-0.2, -0.15) is 0 Å². The van der Waals surface area contributed by atoms with Crippen molar-refractivity contribution in [3.63, 3.8) is 0 Å². The molecule has 2 heterocycles. The maximum atomic E-state index is 12.7.